The Morgan fingerprint density at radius 1 is 1.30 bits per heavy atom. The fraction of sp³-hybridized carbons (Fsp3) is 0.550. The Morgan fingerprint density at radius 3 is 2.78 bits per heavy atom. The lowest BCUT2D eigenvalue weighted by Crippen LogP contribution is -2.38. The van der Waals surface area contributed by atoms with Crippen LogP contribution in [0.1, 0.15) is 40.0 Å². The predicted molar refractivity (Wildman–Crippen MR) is 114 cm³/mol. The number of benzene rings is 1. The van der Waals surface area contributed by atoms with E-state index in [1.807, 2.05) is 30.3 Å². The standard InChI is InChI=1S/C20H25N3OS3/c1-19(2)9-15-10-20(3,12-19)13-22(15)16(24)11-26-17-21-23(18(25)27-17)14-7-5-4-6-8-14/h4-8,15H,9-13H2,1-3H3/t15-,20+/m0/s1. The molecule has 1 saturated heterocycles. The second kappa shape index (κ2) is 7.01. The number of nitrogens with zero attached hydrogens (tertiary/aromatic N) is 3. The van der Waals surface area contributed by atoms with E-state index in [0.29, 0.717) is 21.2 Å². The highest BCUT2D eigenvalue weighted by atomic mass is 32.2. The van der Waals surface area contributed by atoms with Crippen LogP contribution in [0.15, 0.2) is 34.7 Å². The Hall–Kier alpha value is -1.18. The fourth-order valence-corrected chi connectivity index (χ4v) is 7.26. The van der Waals surface area contributed by atoms with Gasteiger partial charge in [-0.15, -0.1) is 5.10 Å². The van der Waals surface area contributed by atoms with Crippen molar-refractivity contribution in [1.29, 1.82) is 0 Å². The van der Waals surface area contributed by atoms with Crippen LogP contribution in [0.2, 0.25) is 0 Å². The van der Waals surface area contributed by atoms with Crippen molar-refractivity contribution in [3.8, 4) is 5.69 Å². The molecule has 1 aromatic heterocycles. The molecule has 2 heterocycles. The first-order valence-corrected chi connectivity index (χ1v) is 11.5. The maximum absolute atomic E-state index is 12.9. The van der Waals surface area contributed by atoms with Crippen LogP contribution in [-0.2, 0) is 4.79 Å². The SMILES string of the molecule is CC1(C)C[C@H]2C[C@@](C)(CN2C(=O)CSc2nn(-c3ccccc3)c(=S)s2)C1. The molecule has 1 aliphatic heterocycles. The summed E-state index contributed by atoms with van der Waals surface area (Å²) in [6.45, 7) is 7.91. The molecule has 4 nitrogen and oxygen atoms in total. The Bertz CT molecular complexity index is 905. The van der Waals surface area contributed by atoms with E-state index >= 15 is 0 Å². The van der Waals surface area contributed by atoms with Gasteiger partial charge >= 0.3 is 0 Å². The first kappa shape index (κ1) is 19.2. The summed E-state index contributed by atoms with van der Waals surface area (Å²) in [6, 6.07) is 10.3. The fourth-order valence-electron chi connectivity index (χ4n) is 5.01. The van der Waals surface area contributed by atoms with E-state index in [0.717, 1.165) is 29.4 Å². The molecular formula is C20H25N3OS3. The van der Waals surface area contributed by atoms with E-state index in [4.69, 9.17) is 12.2 Å². The molecule has 2 fully saturated rings. The molecule has 0 unspecified atom stereocenters. The highest BCUT2D eigenvalue weighted by Crippen LogP contribution is 2.52. The van der Waals surface area contributed by atoms with Crippen LogP contribution in [0.4, 0.5) is 0 Å². The van der Waals surface area contributed by atoms with Crippen LogP contribution in [-0.4, -0.2) is 38.9 Å². The lowest BCUT2D eigenvalue weighted by atomic mass is 9.65. The number of rotatable bonds is 4. The largest absolute Gasteiger partial charge is 0.338 e. The molecule has 0 N–H and O–H groups in total. The Morgan fingerprint density at radius 2 is 2.04 bits per heavy atom. The molecular weight excluding hydrogens is 394 g/mol. The predicted octanol–water partition coefficient (Wildman–Crippen LogP) is 5.18. The summed E-state index contributed by atoms with van der Waals surface area (Å²) in [5.41, 5.74) is 1.56. The van der Waals surface area contributed by atoms with Crippen molar-refractivity contribution in [3.63, 3.8) is 0 Å². The topological polar surface area (TPSA) is 38.1 Å². The summed E-state index contributed by atoms with van der Waals surface area (Å²) in [5.74, 6) is 0.670. The third-order valence-corrected chi connectivity index (χ3v) is 7.93. The second-order valence-corrected chi connectivity index (χ2v) is 11.8. The Kier molecular flexibility index (Phi) is 4.97. The van der Waals surface area contributed by atoms with Crippen LogP contribution in [0.3, 0.4) is 0 Å². The van der Waals surface area contributed by atoms with E-state index in [1.165, 1.54) is 29.5 Å². The van der Waals surface area contributed by atoms with Gasteiger partial charge in [-0.05, 0) is 54.4 Å². The summed E-state index contributed by atoms with van der Waals surface area (Å²) in [4.78, 5) is 15.1. The third kappa shape index (κ3) is 4.00. The van der Waals surface area contributed by atoms with Crippen molar-refractivity contribution < 1.29 is 4.79 Å². The lowest BCUT2D eigenvalue weighted by molar-refractivity contribution is -0.129. The quantitative estimate of drug-likeness (QED) is 0.505. The number of thioether (sulfide) groups is 1. The molecule has 2 aliphatic rings. The number of hydrogen-bond donors (Lipinski definition) is 0. The normalized spacial score (nSPS) is 26.3. The number of carbonyl (C=O) groups excluding carboxylic acids is 1. The van der Waals surface area contributed by atoms with Crippen molar-refractivity contribution in [2.24, 2.45) is 10.8 Å². The van der Waals surface area contributed by atoms with E-state index in [2.05, 4.69) is 30.8 Å². The maximum Gasteiger partial charge on any atom is 0.233 e. The Balaban J connectivity index is 1.43. The van der Waals surface area contributed by atoms with Crippen LogP contribution in [0.25, 0.3) is 5.69 Å². The summed E-state index contributed by atoms with van der Waals surface area (Å²) >= 11 is 8.43. The van der Waals surface area contributed by atoms with Gasteiger partial charge in [0.25, 0.3) is 0 Å². The van der Waals surface area contributed by atoms with Crippen LogP contribution < -0.4 is 0 Å². The summed E-state index contributed by atoms with van der Waals surface area (Å²) in [5, 5.41) is 4.61. The molecule has 2 aromatic rings. The molecule has 27 heavy (non-hydrogen) atoms. The second-order valence-electron chi connectivity index (χ2n) is 8.91. The van der Waals surface area contributed by atoms with Crippen LogP contribution >= 0.6 is 35.3 Å². The molecule has 0 spiro atoms. The van der Waals surface area contributed by atoms with Gasteiger partial charge in [-0.3, -0.25) is 4.79 Å². The van der Waals surface area contributed by atoms with Crippen LogP contribution in [0.5, 0.6) is 0 Å². The highest BCUT2D eigenvalue weighted by Gasteiger charge is 2.50. The van der Waals surface area contributed by atoms with Crippen molar-refractivity contribution in [2.75, 3.05) is 12.3 Å². The van der Waals surface area contributed by atoms with Gasteiger partial charge in [0, 0.05) is 12.6 Å². The van der Waals surface area contributed by atoms with E-state index in [1.54, 1.807) is 4.68 Å². The van der Waals surface area contributed by atoms with Crippen molar-refractivity contribution >= 4 is 41.2 Å². The van der Waals surface area contributed by atoms with Gasteiger partial charge in [-0.2, -0.15) is 0 Å². The highest BCUT2D eigenvalue weighted by molar-refractivity contribution is 8.01. The molecule has 2 bridgehead atoms. The summed E-state index contributed by atoms with van der Waals surface area (Å²) in [6.07, 6.45) is 3.46. The number of likely N-dealkylation sites (tertiary alicyclic amines) is 1. The van der Waals surface area contributed by atoms with Crippen molar-refractivity contribution in [2.45, 2.75) is 50.4 Å². The number of fused-ring (bicyclic) bond motifs is 2. The zero-order valence-corrected chi connectivity index (χ0v) is 18.4. The monoisotopic (exact) mass is 419 g/mol. The van der Waals surface area contributed by atoms with Crippen molar-refractivity contribution in [3.05, 3.63) is 34.3 Å². The molecule has 1 aliphatic carbocycles. The maximum atomic E-state index is 12.9. The van der Waals surface area contributed by atoms with Crippen LogP contribution in [0, 0.1) is 14.8 Å². The molecule has 7 heteroatoms. The van der Waals surface area contributed by atoms with E-state index in [-0.39, 0.29) is 11.3 Å². The smallest absolute Gasteiger partial charge is 0.233 e. The first-order chi connectivity index (χ1) is 12.7. The number of hydrogen-bond acceptors (Lipinski definition) is 5. The summed E-state index contributed by atoms with van der Waals surface area (Å²) < 4.78 is 3.34. The minimum absolute atomic E-state index is 0.235. The third-order valence-electron chi connectivity index (χ3n) is 5.58. The number of aromatic nitrogens is 2. The number of para-hydroxylation sites is 1. The van der Waals surface area contributed by atoms with Gasteiger partial charge in [0.15, 0.2) is 8.29 Å². The van der Waals surface area contributed by atoms with E-state index < -0.39 is 0 Å². The average Bonchev–Trinajstić information content (AvgIpc) is 3.09. The molecule has 1 aromatic carbocycles. The minimum Gasteiger partial charge on any atom is -0.338 e. The molecule has 2 atom stereocenters. The van der Waals surface area contributed by atoms with E-state index in [9.17, 15) is 4.79 Å². The molecule has 0 radical (unpaired) electrons. The zero-order chi connectivity index (χ0) is 19.2. The zero-order valence-electron chi connectivity index (χ0n) is 16.0. The van der Waals surface area contributed by atoms with Crippen molar-refractivity contribution in [1.82, 2.24) is 14.7 Å². The number of amides is 1. The van der Waals surface area contributed by atoms with Gasteiger partial charge < -0.3 is 4.90 Å². The summed E-state index contributed by atoms with van der Waals surface area (Å²) in [7, 11) is 0. The molecule has 1 saturated carbocycles. The van der Waals surface area contributed by atoms with Gasteiger partial charge in [0.1, 0.15) is 0 Å². The van der Waals surface area contributed by atoms with Gasteiger partial charge in [0.2, 0.25) is 5.91 Å². The van der Waals surface area contributed by atoms with Gasteiger partial charge in [-0.25, -0.2) is 4.68 Å². The number of carbonyl (C=O) groups is 1. The average molecular weight is 420 g/mol. The minimum atomic E-state index is 0.235. The Labute approximate surface area is 174 Å². The van der Waals surface area contributed by atoms with Gasteiger partial charge in [0.05, 0.1) is 11.4 Å². The van der Waals surface area contributed by atoms with Gasteiger partial charge in [-0.1, -0.05) is 62.1 Å². The molecule has 1 amide bonds. The lowest BCUT2D eigenvalue weighted by Gasteiger charge is -2.39. The molecule has 144 valence electrons. The first-order valence-electron chi connectivity index (χ1n) is 9.33. The molecule has 4 rings (SSSR count).